The van der Waals surface area contributed by atoms with Crippen molar-refractivity contribution in [2.45, 2.75) is 50.9 Å². The third-order valence-corrected chi connectivity index (χ3v) is 8.55. The van der Waals surface area contributed by atoms with E-state index in [1.807, 2.05) is 51.1 Å². The minimum atomic E-state index is -0.287. The molecular formula is C27H26N6O2S2. The molecule has 8 nitrogen and oxygen atoms in total. The van der Waals surface area contributed by atoms with E-state index >= 15 is 0 Å². The maximum atomic E-state index is 13.3. The number of amides is 1. The van der Waals surface area contributed by atoms with Crippen molar-refractivity contribution in [3.05, 3.63) is 64.6 Å². The zero-order valence-corrected chi connectivity index (χ0v) is 22.6. The van der Waals surface area contributed by atoms with Gasteiger partial charge in [0, 0.05) is 23.4 Å². The summed E-state index contributed by atoms with van der Waals surface area (Å²) in [5.41, 5.74) is 4.08. The number of thiazole rings is 1. The van der Waals surface area contributed by atoms with E-state index in [2.05, 4.69) is 29.5 Å². The van der Waals surface area contributed by atoms with Gasteiger partial charge in [-0.1, -0.05) is 17.8 Å². The molecule has 0 radical (unpaired) electrons. The van der Waals surface area contributed by atoms with Gasteiger partial charge in [-0.15, -0.1) is 11.3 Å². The highest BCUT2D eigenvalue weighted by molar-refractivity contribution is 7.99. The summed E-state index contributed by atoms with van der Waals surface area (Å²) in [6.45, 7) is 8.16. The van der Waals surface area contributed by atoms with Crippen LogP contribution in [0.15, 0.2) is 58.6 Å². The molecule has 0 fully saturated rings. The minimum absolute atomic E-state index is 0.140. The first-order chi connectivity index (χ1) is 17.7. The molecule has 0 saturated carbocycles. The Morgan fingerprint density at radius 2 is 1.92 bits per heavy atom. The fourth-order valence-corrected chi connectivity index (χ4v) is 6.75. The van der Waals surface area contributed by atoms with E-state index in [4.69, 9.17) is 9.97 Å². The summed E-state index contributed by atoms with van der Waals surface area (Å²) in [6.07, 6.45) is 1.77. The lowest BCUT2D eigenvalue weighted by atomic mass is 10.1. The summed E-state index contributed by atoms with van der Waals surface area (Å²) < 4.78 is 4.60. The molecule has 1 atom stereocenters. The standard InChI is InChI=1S/C27H26N6O2S2/c1-15-5-10-20-21(11-15)37-24(30-20)16-6-8-17(9-7-16)29-22(34)12-18-14-36-26-31-23-19(25(35)32(18)26)13-28-33(23)27(2,3)4/h5-11,13,18H,12,14H2,1-4H3,(H,29,34). The molecule has 1 amide bonds. The molecule has 2 aromatic carbocycles. The minimum Gasteiger partial charge on any atom is -0.326 e. The van der Waals surface area contributed by atoms with Crippen LogP contribution in [0.4, 0.5) is 5.69 Å². The van der Waals surface area contributed by atoms with Crippen LogP contribution in [-0.2, 0) is 10.3 Å². The Morgan fingerprint density at radius 1 is 1.14 bits per heavy atom. The first-order valence-electron chi connectivity index (χ1n) is 12.1. The maximum Gasteiger partial charge on any atom is 0.265 e. The van der Waals surface area contributed by atoms with E-state index in [0.29, 0.717) is 27.6 Å². The Bertz CT molecular complexity index is 1730. The average Bonchev–Trinajstić information content (AvgIpc) is 3.56. The Morgan fingerprint density at radius 3 is 2.68 bits per heavy atom. The van der Waals surface area contributed by atoms with Crippen LogP contribution in [0, 0.1) is 6.92 Å². The average molecular weight is 531 g/mol. The maximum absolute atomic E-state index is 13.3. The fraction of sp³-hybridized carbons (Fsp3) is 0.296. The van der Waals surface area contributed by atoms with E-state index in [9.17, 15) is 9.59 Å². The van der Waals surface area contributed by atoms with Gasteiger partial charge in [0.1, 0.15) is 10.4 Å². The molecule has 6 rings (SSSR count). The first-order valence-corrected chi connectivity index (χ1v) is 13.9. The van der Waals surface area contributed by atoms with Crippen LogP contribution in [0.25, 0.3) is 31.8 Å². The lowest BCUT2D eigenvalue weighted by molar-refractivity contribution is -0.116. The molecule has 3 aromatic heterocycles. The smallest absolute Gasteiger partial charge is 0.265 e. The summed E-state index contributed by atoms with van der Waals surface area (Å²) in [7, 11) is 0. The molecule has 1 unspecified atom stereocenters. The number of aromatic nitrogens is 5. The molecule has 1 N–H and O–H groups in total. The van der Waals surface area contributed by atoms with Gasteiger partial charge in [0.05, 0.1) is 28.0 Å². The molecule has 37 heavy (non-hydrogen) atoms. The molecule has 188 valence electrons. The highest BCUT2D eigenvalue weighted by Crippen LogP contribution is 2.34. The van der Waals surface area contributed by atoms with Gasteiger partial charge in [0.15, 0.2) is 10.8 Å². The summed E-state index contributed by atoms with van der Waals surface area (Å²) in [5.74, 6) is 0.486. The number of rotatable bonds is 4. The number of thioether (sulfide) groups is 1. The summed E-state index contributed by atoms with van der Waals surface area (Å²) in [5, 5.41) is 9.44. The summed E-state index contributed by atoms with van der Waals surface area (Å²) >= 11 is 3.16. The number of nitrogens with one attached hydrogen (secondary N) is 1. The molecule has 0 bridgehead atoms. The Kier molecular flexibility index (Phi) is 5.68. The number of hydrogen-bond acceptors (Lipinski definition) is 7. The van der Waals surface area contributed by atoms with Crippen molar-refractivity contribution < 1.29 is 4.79 Å². The molecule has 0 spiro atoms. The van der Waals surface area contributed by atoms with Crippen molar-refractivity contribution in [2.24, 2.45) is 0 Å². The predicted molar refractivity (Wildman–Crippen MR) is 150 cm³/mol. The Balaban J connectivity index is 1.18. The number of aryl methyl sites for hydroxylation is 1. The third kappa shape index (κ3) is 4.34. The molecule has 4 heterocycles. The van der Waals surface area contributed by atoms with Crippen molar-refractivity contribution in [1.29, 1.82) is 0 Å². The van der Waals surface area contributed by atoms with Gasteiger partial charge in [0.25, 0.3) is 5.56 Å². The van der Waals surface area contributed by atoms with Crippen LogP contribution >= 0.6 is 23.1 Å². The number of benzene rings is 2. The molecule has 0 saturated heterocycles. The van der Waals surface area contributed by atoms with E-state index < -0.39 is 0 Å². The van der Waals surface area contributed by atoms with Crippen LogP contribution in [-0.4, -0.2) is 36.0 Å². The van der Waals surface area contributed by atoms with Crippen LogP contribution in [0.3, 0.4) is 0 Å². The van der Waals surface area contributed by atoms with Gasteiger partial charge in [-0.25, -0.2) is 14.6 Å². The monoisotopic (exact) mass is 530 g/mol. The van der Waals surface area contributed by atoms with Crippen molar-refractivity contribution in [3.63, 3.8) is 0 Å². The topological polar surface area (TPSA) is 94.7 Å². The fourth-order valence-electron chi connectivity index (χ4n) is 4.55. The Labute approximate surface area is 221 Å². The SMILES string of the molecule is Cc1ccc2nc(-c3ccc(NC(=O)CC4CSc5nc6c(cnn6C(C)(C)C)c(=O)n54)cc3)sc2c1. The second-order valence-corrected chi connectivity index (χ2v) is 12.3. The van der Waals surface area contributed by atoms with Gasteiger partial charge < -0.3 is 5.32 Å². The van der Waals surface area contributed by atoms with E-state index in [0.717, 1.165) is 20.8 Å². The summed E-state index contributed by atoms with van der Waals surface area (Å²) in [4.78, 5) is 35.7. The van der Waals surface area contributed by atoms with Crippen molar-refractivity contribution in [2.75, 3.05) is 11.1 Å². The first kappa shape index (κ1) is 23.9. The lowest BCUT2D eigenvalue weighted by Gasteiger charge is -2.20. The molecule has 0 aliphatic carbocycles. The van der Waals surface area contributed by atoms with Gasteiger partial charge in [-0.05, 0) is 69.7 Å². The second kappa shape index (κ2) is 8.81. The van der Waals surface area contributed by atoms with E-state index in [-0.39, 0.29) is 29.5 Å². The van der Waals surface area contributed by atoms with Crippen LogP contribution in [0.1, 0.15) is 38.8 Å². The number of carbonyl (C=O) groups is 1. The largest absolute Gasteiger partial charge is 0.326 e. The number of anilines is 1. The second-order valence-electron chi connectivity index (χ2n) is 10.3. The lowest BCUT2D eigenvalue weighted by Crippen LogP contribution is -2.29. The van der Waals surface area contributed by atoms with Gasteiger partial charge in [-0.2, -0.15) is 5.10 Å². The van der Waals surface area contributed by atoms with E-state index in [1.165, 1.54) is 17.3 Å². The van der Waals surface area contributed by atoms with E-state index in [1.54, 1.807) is 26.8 Å². The molecule has 5 aromatic rings. The van der Waals surface area contributed by atoms with Crippen molar-refractivity contribution in [3.8, 4) is 10.6 Å². The van der Waals surface area contributed by atoms with Gasteiger partial charge in [-0.3, -0.25) is 14.2 Å². The number of carbonyl (C=O) groups excluding carboxylic acids is 1. The van der Waals surface area contributed by atoms with Crippen molar-refractivity contribution in [1.82, 2.24) is 24.3 Å². The zero-order valence-electron chi connectivity index (χ0n) is 21.0. The zero-order chi connectivity index (χ0) is 25.9. The predicted octanol–water partition coefficient (Wildman–Crippen LogP) is 5.61. The Hall–Kier alpha value is -3.50. The number of hydrogen-bond donors (Lipinski definition) is 1. The van der Waals surface area contributed by atoms with Crippen LogP contribution < -0.4 is 10.9 Å². The normalized spacial score (nSPS) is 15.4. The molecular weight excluding hydrogens is 504 g/mol. The highest BCUT2D eigenvalue weighted by Gasteiger charge is 2.30. The number of fused-ring (bicyclic) bond motifs is 3. The van der Waals surface area contributed by atoms with Crippen molar-refractivity contribution >= 4 is 55.9 Å². The van der Waals surface area contributed by atoms with Crippen LogP contribution in [0.2, 0.25) is 0 Å². The highest BCUT2D eigenvalue weighted by atomic mass is 32.2. The third-order valence-electron chi connectivity index (χ3n) is 6.39. The quantitative estimate of drug-likeness (QED) is 0.304. The molecule has 1 aliphatic rings. The van der Waals surface area contributed by atoms with Crippen LogP contribution in [0.5, 0.6) is 0 Å². The number of nitrogens with zero attached hydrogens (tertiary/aromatic N) is 5. The molecule has 10 heteroatoms. The van der Waals surface area contributed by atoms with Gasteiger partial charge >= 0.3 is 0 Å². The summed E-state index contributed by atoms with van der Waals surface area (Å²) in [6, 6.07) is 13.7. The van der Waals surface area contributed by atoms with Gasteiger partial charge in [0.2, 0.25) is 5.91 Å². The molecule has 1 aliphatic heterocycles.